The van der Waals surface area contributed by atoms with Crippen LogP contribution in [0.15, 0.2) is 12.1 Å². The Hall–Kier alpha value is -0.0900. The van der Waals surface area contributed by atoms with Crippen LogP contribution in [-0.2, 0) is 6.54 Å². The van der Waals surface area contributed by atoms with E-state index in [1.54, 1.807) is 11.3 Å². The van der Waals surface area contributed by atoms with E-state index < -0.39 is 0 Å². The van der Waals surface area contributed by atoms with Crippen LogP contribution in [0, 0.1) is 11.8 Å². The first-order valence-corrected chi connectivity index (χ1v) is 7.66. The van der Waals surface area contributed by atoms with E-state index in [9.17, 15) is 0 Å². The van der Waals surface area contributed by atoms with Crippen molar-refractivity contribution in [1.29, 1.82) is 0 Å². The van der Waals surface area contributed by atoms with Crippen molar-refractivity contribution < 1.29 is 0 Å². The molecule has 4 heteroatoms. The molecule has 0 saturated carbocycles. The molecule has 0 aliphatic carbocycles. The van der Waals surface area contributed by atoms with E-state index in [0.29, 0.717) is 0 Å². The summed E-state index contributed by atoms with van der Waals surface area (Å²) in [5.74, 6) is 1.74. The zero-order valence-electron chi connectivity index (χ0n) is 10.2. The third kappa shape index (κ3) is 2.26. The number of nitrogens with zero attached hydrogens (tertiary/aromatic N) is 1. The first kappa shape index (κ1) is 12.0. The summed E-state index contributed by atoms with van der Waals surface area (Å²) in [6.07, 6.45) is 1.27. The third-order valence-corrected chi connectivity index (χ3v) is 5.45. The van der Waals surface area contributed by atoms with Gasteiger partial charge in [-0.2, -0.15) is 0 Å². The van der Waals surface area contributed by atoms with Crippen LogP contribution in [0.1, 0.15) is 18.2 Å². The number of rotatable bonds is 3. The number of halogens is 1. The molecule has 3 unspecified atom stereocenters. The van der Waals surface area contributed by atoms with Crippen LogP contribution >= 0.6 is 22.9 Å². The fraction of sp³-hybridized carbons (Fsp3) is 0.692. The second kappa shape index (κ2) is 4.88. The van der Waals surface area contributed by atoms with E-state index in [-0.39, 0.29) is 0 Å². The Kier molecular flexibility index (Phi) is 3.44. The van der Waals surface area contributed by atoms with Gasteiger partial charge in [0.25, 0.3) is 0 Å². The predicted octanol–water partition coefficient (Wildman–Crippen LogP) is 2.83. The third-order valence-electron chi connectivity index (χ3n) is 4.23. The molecule has 1 N–H and O–H groups in total. The van der Waals surface area contributed by atoms with Crippen LogP contribution in [0.4, 0.5) is 0 Å². The lowest BCUT2D eigenvalue weighted by molar-refractivity contribution is 0.212. The normalized spacial score (nSPS) is 33.2. The molecular weight excluding hydrogens is 252 g/mol. The standard InChI is InChI=1S/C13H19ClN2S/c1-2-12-11-6-15-5-9(11)7-16(12)8-10-3-4-13(14)17-10/h3-4,9,11-12,15H,2,5-8H2,1H3. The van der Waals surface area contributed by atoms with Gasteiger partial charge in [0.05, 0.1) is 4.34 Å². The Balaban J connectivity index is 1.71. The van der Waals surface area contributed by atoms with Crippen molar-refractivity contribution in [2.45, 2.75) is 25.9 Å². The quantitative estimate of drug-likeness (QED) is 0.909. The van der Waals surface area contributed by atoms with Gasteiger partial charge in [-0.25, -0.2) is 0 Å². The second-order valence-corrected chi connectivity index (χ2v) is 6.99. The summed E-state index contributed by atoms with van der Waals surface area (Å²) in [4.78, 5) is 4.07. The molecule has 1 aromatic rings. The van der Waals surface area contributed by atoms with E-state index in [1.165, 1.54) is 30.9 Å². The minimum absolute atomic E-state index is 0.760. The van der Waals surface area contributed by atoms with Crippen molar-refractivity contribution in [3.8, 4) is 0 Å². The predicted molar refractivity (Wildman–Crippen MR) is 73.7 cm³/mol. The molecule has 2 fully saturated rings. The van der Waals surface area contributed by atoms with Gasteiger partial charge in [0.15, 0.2) is 0 Å². The van der Waals surface area contributed by atoms with Crippen LogP contribution in [0.5, 0.6) is 0 Å². The summed E-state index contributed by atoms with van der Waals surface area (Å²) >= 11 is 7.73. The second-order valence-electron chi connectivity index (χ2n) is 5.19. The number of hydrogen-bond donors (Lipinski definition) is 1. The Bertz CT molecular complexity index is 393. The van der Waals surface area contributed by atoms with E-state index in [2.05, 4.69) is 23.2 Å². The van der Waals surface area contributed by atoms with Gasteiger partial charge in [-0.15, -0.1) is 11.3 Å². The molecule has 3 rings (SSSR count). The summed E-state index contributed by atoms with van der Waals surface area (Å²) in [6.45, 7) is 7.09. The van der Waals surface area contributed by atoms with Gasteiger partial charge in [-0.3, -0.25) is 4.90 Å². The Morgan fingerprint density at radius 1 is 1.47 bits per heavy atom. The van der Waals surface area contributed by atoms with E-state index in [0.717, 1.165) is 28.8 Å². The Labute approximate surface area is 112 Å². The van der Waals surface area contributed by atoms with Gasteiger partial charge in [-0.05, 0) is 43.5 Å². The minimum Gasteiger partial charge on any atom is -0.316 e. The Morgan fingerprint density at radius 3 is 3.06 bits per heavy atom. The van der Waals surface area contributed by atoms with Crippen LogP contribution in [0.3, 0.4) is 0 Å². The number of thiophene rings is 1. The van der Waals surface area contributed by atoms with E-state index in [1.807, 2.05) is 6.07 Å². The van der Waals surface area contributed by atoms with E-state index in [4.69, 9.17) is 11.6 Å². The molecule has 2 aliphatic rings. The van der Waals surface area contributed by atoms with Crippen molar-refractivity contribution in [3.63, 3.8) is 0 Å². The molecule has 1 aromatic heterocycles. The number of hydrogen-bond acceptors (Lipinski definition) is 3. The zero-order chi connectivity index (χ0) is 11.8. The average Bonchev–Trinajstić information content (AvgIpc) is 2.95. The minimum atomic E-state index is 0.760. The topological polar surface area (TPSA) is 15.3 Å². The van der Waals surface area contributed by atoms with Gasteiger partial charge in [-0.1, -0.05) is 18.5 Å². The van der Waals surface area contributed by atoms with Gasteiger partial charge < -0.3 is 5.32 Å². The maximum absolute atomic E-state index is 6.00. The first-order chi connectivity index (χ1) is 8.28. The van der Waals surface area contributed by atoms with Crippen molar-refractivity contribution in [2.24, 2.45) is 11.8 Å². The van der Waals surface area contributed by atoms with Crippen molar-refractivity contribution in [3.05, 3.63) is 21.3 Å². The van der Waals surface area contributed by atoms with Crippen LogP contribution in [-0.4, -0.2) is 30.6 Å². The summed E-state index contributed by atoms with van der Waals surface area (Å²) in [5.41, 5.74) is 0. The highest BCUT2D eigenvalue weighted by atomic mass is 35.5. The maximum atomic E-state index is 6.00. The summed E-state index contributed by atoms with van der Waals surface area (Å²) < 4.78 is 0.911. The summed E-state index contributed by atoms with van der Waals surface area (Å²) in [7, 11) is 0. The molecule has 2 saturated heterocycles. The lowest BCUT2D eigenvalue weighted by atomic mass is 9.93. The van der Waals surface area contributed by atoms with Gasteiger partial charge in [0.1, 0.15) is 0 Å². The molecule has 0 amide bonds. The van der Waals surface area contributed by atoms with Crippen molar-refractivity contribution >= 4 is 22.9 Å². The van der Waals surface area contributed by atoms with E-state index >= 15 is 0 Å². The van der Waals surface area contributed by atoms with Gasteiger partial charge in [0.2, 0.25) is 0 Å². The zero-order valence-corrected chi connectivity index (χ0v) is 11.7. The molecule has 2 aliphatic heterocycles. The largest absolute Gasteiger partial charge is 0.316 e. The van der Waals surface area contributed by atoms with Crippen LogP contribution in [0.2, 0.25) is 4.34 Å². The highest BCUT2D eigenvalue weighted by molar-refractivity contribution is 7.16. The fourth-order valence-electron chi connectivity index (χ4n) is 3.49. The molecule has 3 heterocycles. The number of nitrogens with one attached hydrogen (secondary N) is 1. The van der Waals surface area contributed by atoms with Crippen LogP contribution < -0.4 is 5.32 Å². The fourth-order valence-corrected chi connectivity index (χ4v) is 4.60. The van der Waals surface area contributed by atoms with Gasteiger partial charge >= 0.3 is 0 Å². The lowest BCUT2D eigenvalue weighted by Crippen LogP contribution is -2.34. The monoisotopic (exact) mass is 270 g/mol. The molecule has 2 nitrogen and oxygen atoms in total. The van der Waals surface area contributed by atoms with Crippen molar-refractivity contribution in [2.75, 3.05) is 19.6 Å². The smallest absolute Gasteiger partial charge is 0.0931 e. The molecule has 17 heavy (non-hydrogen) atoms. The molecule has 3 atom stereocenters. The first-order valence-electron chi connectivity index (χ1n) is 6.47. The van der Waals surface area contributed by atoms with Crippen LogP contribution in [0.25, 0.3) is 0 Å². The molecule has 94 valence electrons. The Morgan fingerprint density at radius 2 is 2.35 bits per heavy atom. The lowest BCUT2D eigenvalue weighted by Gasteiger charge is -2.26. The number of likely N-dealkylation sites (tertiary alicyclic amines) is 1. The molecule has 0 aromatic carbocycles. The van der Waals surface area contributed by atoms with Gasteiger partial charge in [0, 0.05) is 24.0 Å². The number of fused-ring (bicyclic) bond motifs is 1. The summed E-state index contributed by atoms with van der Waals surface area (Å²) in [5, 5.41) is 3.53. The summed E-state index contributed by atoms with van der Waals surface area (Å²) in [6, 6.07) is 4.95. The molecule has 0 bridgehead atoms. The average molecular weight is 271 g/mol. The highest BCUT2D eigenvalue weighted by Gasteiger charge is 2.42. The molecule has 0 spiro atoms. The molecule has 0 radical (unpaired) electrons. The maximum Gasteiger partial charge on any atom is 0.0931 e. The highest BCUT2D eigenvalue weighted by Crippen LogP contribution is 2.36. The SMILES string of the molecule is CCC1C2CNCC2CN1Cc1ccc(Cl)s1. The van der Waals surface area contributed by atoms with Crippen molar-refractivity contribution in [1.82, 2.24) is 10.2 Å². The molecular formula is C13H19ClN2S.